The van der Waals surface area contributed by atoms with Gasteiger partial charge in [0.1, 0.15) is 12.2 Å². The highest BCUT2D eigenvalue weighted by Crippen LogP contribution is 2.33. The van der Waals surface area contributed by atoms with Crippen molar-refractivity contribution >= 4 is 17.5 Å². The van der Waals surface area contributed by atoms with E-state index in [4.69, 9.17) is 9.47 Å². The second-order valence-electron chi connectivity index (χ2n) is 8.14. The fourth-order valence-corrected chi connectivity index (χ4v) is 3.17. The Hall–Kier alpha value is -3.29. The lowest BCUT2D eigenvalue weighted by Crippen LogP contribution is -2.50. The minimum absolute atomic E-state index is 0.0675. The van der Waals surface area contributed by atoms with Crippen LogP contribution < -0.4 is 9.64 Å². The molecule has 0 N–H and O–H groups in total. The summed E-state index contributed by atoms with van der Waals surface area (Å²) < 4.78 is 11.2. The molecule has 0 saturated carbocycles. The molecule has 0 aliphatic carbocycles. The van der Waals surface area contributed by atoms with Crippen molar-refractivity contribution in [2.45, 2.75) is 33.0 Å². The molecular formula is C22H27N3O5. The molecule has 2 aromatic carbocycles. The maximum Gasteiger partial charge on any atom is 0.410 e. The van der Waals surface area contributed by atoms with Crippen LogP contribution in [0.15, 0.2) is 48.5 Å². The van der Waals surface area contributed by atoms with Gasteiger partial charge >= 0.3 is 11.8 Å². The van der Waals surface area contributed by atoms with Gasteiger partial charge in [-0.2, -0.15) is 0 Å². The molecule has 2 aromatic rings. The number of nitro benzene ring substituents is 1. The number of nitro groups is 1. The van der Waals surface area contributed by atoms with Gasteiger partial charge in [-0.3, -0.25) is 10.1 Å². The van der Waals surface area contributed by atoms with Crippen LogP contribution in [0.25, 0.3) is 0 Å². The minimum Gasteiger partial charge on any atom is -0.482 e. The second kappa shape index (κ2) is 9.02. The van der Waals surface area contributed by atoms with Gasteiger partial charge in [-0.05, 0) is 32.4 Å². The van der Waals surface area contributed by atoms with E-state index in [0.29, 0.717) is 26.2 Å². The number of carbonyl (C=O) groups excluding carboxylic acids is 1. The van der Waals surface area contributed by atoms with Crippen molar-refractivity contribution in [1.82, 2.24) is 4.90 Å². The van der Waals surface area contributed by atoms with Crippen LogP contribution in [0.5, 0.6) is 5.75 Å². The molecule has 1 aliphatic rings. The quantitative estimate of drug-likeness (QED) is 0.539. The Kier molecular flexibility index (Phi) is 6.44. The van der Waals surface area contributed by atoms with E-state index in [1.807, 2.05) is 51.1 Å². The molecule has 3 rings (SSSR count). The molecule has 30 heavy (non-hydrogen) atoms. The van der Waals surface area contributed by atoms with Gasteiger partial charge in [-0.25, -0.2) is 4.79 Å². The van der Waals surface area contributed by atoms with Crippen molar-refractivity contribution in [2.24, 2.45) is 0 Å². The smallest absolute Gasteiger partial charge is 0.410 e. The molecule has 1 heterocycles. The van der Waals surface area contributed by atoms with E-state index in [0.717, 1.165) is 11.3 Å². The molecule has 0 atom stereocenters. The Balaban J connectivity index is 1.68. The van der Waals surface area contributed by atoms with E-state index in [1.165, 1.54) is 6.07 Å². The molecule has 8 heteroatoms. The lowest BCUT2D eigenvalue weighted by atomic mass is 10.2. The molecule has 1 amide bonds. The molecule has 1 saturated heterocycles. The van der Waals surface area contributed by atoms with Gasteiger partial charge < -0.3 is 19.3 Å². The summed E-state index contributed by atoms with van der Waals surface area (Å²) in [7, 11) is 0. The van der Waals surface area contributed by atoms with Crippen LogP contribution in [-0.2, 0) is 11.3 Å². The number of rotatable bonds is 5. The summed E-state index contributed by atoms with van der Waals surface area (Å²) in [5.74, 6) is 0.232. The average molecular weight is 413 g/mol. The number of ether oxygens (including phenoxy) is 2. The molecular weight excluding hydrogens is 386 g/mol. The van der Waals surface area contributed by atoms with Crippen LogP contribution >= 0.6 is 0 Å². The first kappa shape index (κ1) is 21.4. The predicted octanol–water partition coefficient (Wildman–Crippen LogP) is 4.23. The van der Waals surface area contributed by atoms with E-state index in [9.17, 15) is 14.9 Å². The van der Waals surface area contributed by atoms with E-state index in [1.54, 1.807) is 17.0 Å². The van der Waals surface area contributed by atoms with Crippen molar-refractivity contribution in [1.29, 1.82) is 0 Å². The molecule has 0 bridgehead atoms. The fourth-order valence-electron chi connectivity index (χ4n) is 3.17. The molecule has 1 fully saturated rings. The molecule has 0 radical (unpaired) electrons. The Morgan fingerprint density at radius 2 is 1.73 bits per heavy atom. The normalized spacial score (nSPS) is 14.4. The monoisotopic (exact) mass is 413 g/mol. The number of nitrogens with zero attached hydrogens (tertiary/aromatic N) is 3. The third kappa shape index (κ3) is 5.62. The van der Waals surface area contributed by atoms with Gasteiger partial charge in [0.05, 0.1) is 4.92 Å². The number of benzene rings is 2. The van der Waals surface area contributed by atoms with Gasteiger partial charge in [-0.15, -0.1) is 0 Å². The largest absolute Gasteiger partial charge is 0.482 e. The Labute approximate surface area is 176 Å². The zero-order valence-electron chi connectivity index (χ0n) is 17.5. The SMILES string of the molecule is CC(C)(C)OC(=O)N1CCN(c2ccc([N+](=O)[O-])c(OCc3ccccc3)c2)CC1. The summed E-state index contributed by atoms with van der Waals surface area (Å²) in [6.07, 6.45) is -0.322. The lowest BCUT2D eigenvalue weighted by molar-refractivity contribution is -0.385. The Morgan fingerprint density at radius 1 is 1.07 bits per heavy atom. The predicted molar refractivity (Wildman–Crippen MR) is 114 cm³/mol. The topological polar surface area (TPSA) is 85.2 Å². The van der Waals surface area contributed by atoms with Crippen LogP contribution in [0.2, 0.25) is 0 Å². The summed E-state index contributed by atoms with van der Waals surface area (Å²) in [5, 5.41) is 11.4. The second-order valence-corrected chi connectivity index (χ2v) is 8.14. The molecule has 8 nitrogen and oxygen atoms in total. The number of piperazine rings is 1. The fraction of sp³-hybridized carbons (Fsp3) is 0.409. The minimum atomic E-state index is -0.530. The number of amides is 1. The van der Waals surface area contributed by atoms with Crippen LogP contribution in [0, 0.1) is 10.1 Å². The van der Waals surface area contributed by atoms with Crippen molar-refractivity contribution in [3.8, 4) is 5.75 Å². The molecule has 0 unspecified atom stereocenters. The van der Waals surface area contributed by atoms with Crippen molar-refractivity contribution in [2.75, 3.05) is 31.1 Å². The Bertz CT molecular complexity index is 887. The number of anilines is 1. The lowest BCUT2D eigenvalue weighted by Gasteiger charge is -2.36. The summed E-state index contributed by atoms with van der Waals surface area (Å²) in [6, 6.07) is 14.4. The van der Waals surface area contributed by atoms with Crippen LogP contribution in [0.4, 0.5) is 16.2 Å². The molecule has 160 valence electrons. The van der Waals surface area contributed by atoms with E-state index in [-0.39, 0.29) is 24.1 Å². The first-order chi connectivity index (χ1) is 14.2. The maximum atomic E-state index is 12.2. The zero-order valence-corrected chi connectivity index (χ0v) is 17.5. The van der Waals surface area contributed by atoms with Gasteiger partial charge in [-0.1, -0.05) is 30.3 Å². The number of hydrogen-bond donors (Lipinski definition) is 0. The van der Waals surface area contributed by atoms with Crippen molar-refractivity contribution < 1.29 is 19.2 Å². The highest BCUT2D eigenvalue weighted by Gasteiger charge is 2.27. The van der Waals surface area contributed by atoms with Crippen LogP contribution in [0.1, 0.15) is 26.3 Å². The zero-order chi connectivity index (χ0) is 21.7. The summed E-state index contributed by atoms with van der Waals surface area (Å²) >= 11 is 0. The van der Waals surface area contributed by atoms with Gasteiger partial charge in [0.2, 0.25) is 0 Å². The molecule has 0 spiro atoms. The van der Waals surface area contributed by atoms with E-state index < -0.39 is 10.5 Å². The first-order valence-electron chi connectivity index (χ1n) is 9.91. The maximum absolute atomic E-state index is 12.2. The van der Waals surface area contributed by atoms with Gasteiger partial charge in [0.25, 0.3) is 0 Å². The van der Waals surface area contributed by atoms with Crippen molar-refractivity contribution in [3.05, 3.63) is 64.2 Å². The van der Waals surface area contributed by atoms with Gasteiger partial charge in [0.15, 0.2) is 5.75 Å². The van der Waals surface area contributed by atoms with E-state index >= 15 is 0 Å². The van der Waals surface area contributed by atoms with Crippen molar-refractivity contribution in [3.63, 3.8) is 0 Å². The van der Waals surface area contributed by atoms with Crippen LogP contribution in [0.3, 0.4) is 0 Å². The summed E-state index contributed by atoms with van der Waals surface area (Å²) in [6.45, 7) is 8.03. The van der Waals surface area contributed by atoms with Crippen LogP contribution in [-0.4, -0.2) is 47.7 Å². The Morgan fingerprint density at radius 3 is 2.33 bits per heavy atom. The summed E-state index contributed by atoms with van der Waals surface area (Å²) in [5.41, 5.74) is 1.16. The average Bonchev–Trinajstić information content (AvgIpc) is 2.71. The number of hydrogen-bond acceptors (Lipinski definition) is 6. The molecule has 1 aliphatic heterocycles. The highest BCUT2D eigenvalue weighted by atomic mass is 16.6. The standard InChI is InChI=1S/C22H27N3O5/c1-22(2,3)30-21(26)24-13-11-23(12-14-24)18-9-10-19(25(27)28)20(15-18)29-16-17-7-5-4-6-8-17/h4-10,15H,11-14,16H2,1-3H3. The van der Waals surface area contributed by atoms with Gasteiger partial charge in [0, 0.05) is 44.0 Å². The molecule has 0 aromatic heterocycles. The first-order valence-corrected chi connectivity index (χ1v) is 9.91. The third-order valence-electron chi connectivity index (χ3n) is 4.67. The highest BCUT2D eigenvalue weighted by molar-refractivity contribution is 5.69. The third-order valence-corrected chi connectivity index (χ3v) is 4.67. The number of carbonyl (C=O) groups is 1. The van der Waals surface area contributed by atoms with E-state index in [2.05, 4.69) is 4.90 Å². The summed E-state index contributed by atoms with van der Waals surface area (Å²) in [4.78, 5) is 27.0.